The highest BCUT2D eigenvalue weighted by Gasteiger charge is 2.31. The van der Waals surface area contributed by atoms with Crippen molar-refractivity contribution < 1.29 is 28.3 Å². The van der Waals surface area contributed by atoms with Crippen molar-refractivity contribution in [1.82, 2.24) is 20.4 Å². The second-order valence-electron chi connectivity index (χ2n) is 9.59. The number of nitrogens with one attached hydrogen (secondary N) is 2. The van der Waals surface area contributed by atoms with Crippen LogP contribution in [0.1, 0.15) is 37.0 Å². The summed E-state index contributed by atoms with van der Waals surface area (Å²) >= 11 is 0. The predicted molar refractivity (Wildman–Crippen MR) is 139 cm³/mol. The molecule has 206 valence electrons. The van der Waals surface area contributed by atoms with Gasteiger partial charge in [0, 0.05) is 25.7 Å². The first kappa shape index (κ1) is 29.2. The van der Waals surface area contributed by atoms with Crippen LogP contribution < -0.4 is 10.6 Å². The van der Waals surface area contributed by atoms with Crippen molar-refractivity contribution in [1.29, 1.82) is 0 Å². The molecule has 10 heteroatoms. The summed E-state index contributed by atoms with van der Waals surface area (Å²) in [4.78, 5) is 40.3. The molecule has 0 radical (unpaired) electrons. The standard InChI is InChI=1S/C28H36F2N4O4/c1-3-8-33-17-28(38)34(18-27(33)37)16-26(36)32-24(12-21-10-22(29)13-23(30)11-21)25(35)15-31-14-20-7-5-6-19(4-2)9-20/h5-7,9-11,13,24-25,31,35H,3-4,8,12,14-18H2,1-2H3,(H,32,36)/t24-,25+/m0/s1. The lowest BCUT2D eigenvalue weighted by molar-refractivity contribution is -0.151. The molecule has 0 unspecified atom stereocenters. The SMILES string of the molecule is CCCN1CC(=O)N(CC(=O)N[C@@H](Cc2cc(F)cc(F)c2)[C@H](O)CNCc2cccc(CC)c2)CC1=O. The van der Waals surface area contributed by atoms with Crippen molar-refractivity contribution >= 4 is 17.7 Å². The van der Waals surface area contributed by atoms with Crippen molar-refractivity contribution in [2.45, 2.75) is 51.8 Å². The van der Waals surface area contributed by atoms with Crippen LogP contribution in [0.15, 0.2) is 42.5 Å². The van der Waals surface area contributed by atoms with E-state index in [0.717, 1.165) is 36.6 Å². The zero-order chi connectivity index (χ0) is 27.7. The Labute approximate surface area is 222 Å². The Morgan fingerprint density at radius 3 is 2.32 bits per heavy atom. The highest BCUT2D eigenvalue weighted by Crippen LogP contribution is 2.13. The Morgan fingerprint density at radius 1 is 0.974 bits per heavy atom. The smallest absolute Gasteiger partial charge is 0.243 e. The summed E-state index contributed by atoms with van der Waals surface area (Å²) in [5.41, 5.74) is 2.49. The lowest BCUT2D eigenvalue weighted by atomic mass is 10.0. The van der Waals surface area contributed by atoms with E-state index in [1.165, 1.54) is 15.4 Å². The van der Waals surface area contributed by atoms with E-state index in [-0.39, 0.29) is 50.0 Å². The van der Waals surface area contributed by atoms with Crippen LogP contribution in [0.3, 0.4) is 0 Å². The zero-order valence-corrected chi connectivity index (χ0v) is 21.9. The first-order valence-electron chi connectivity index (χ1n) is 12.9. The van der Waals surface area contributed by atoms with E-state index in [1.807, 2.05) is 25.1 Å². The topological polar surface area (TPSA) is 102 Å². The average molecular weight is 531 g/mol. The number of benzene rings is 2. The number of aliphatic hydroxyl groups excluding tert-OH is 1. The van der Waals surface area contributed by atoms with E-state index in [0.29, 0.717) is 13.1 Å². The fourth-order valence-electron chi connectivity index (χ4n) is 4.48. The molecule has 1 heterocycles. The molecule has 3 rings (SSSR count). The monoisotopic (exact) mass is 530 g/mol. The highest BCUT2D eigenvalue weighted by molar-refractivity contribution is 5.95. The Hall–Kier alpha value is -3.37. The van der Waals surface area contributed by atoms with Gasteiger partial charge in [-0.2, -0.15) is 0 Å². The molecular weight excluding hydrogens is 494 g/mol. The molecule has 1 fully saturated rings. The summed E-state index contributed by atoms with van der Waals surface area (Å²) in [6, 6.07) is 10.2. The number of amides is 3. The molecule has 0 saturated carbocycles. The summed E-state index contributed by atoms with van der Waals surface area (Å²) in [7, 11) is 0. The van der Waals surface area contributed by atoms with E-state index in [4.69, 9.17) is 0 Å². The van der Waals surface area contributed by atoms with Crippen molar-refractivity contribution in [3.63, 3.8) is 0 Å². The predicted octanol–water partition coefficient (Wildman–Crippen LogP) is 1.79. The van der Waals surface area contributed by atoms with Crippen LogP contribution in [-0.2, 0) is 33.8 Å². The van der Waals surface area contributed by atoms with E-state index in [2.05, 4.69) is 23.6 Å². The number of aryl methyl sites for hydroxylation is 1. The Kier molecular flexibility index (Phi) is 10.7. The van der Waals surface area contributed by atoms with Gasteiger partial charge in [-0.3, -0.25) is 14.4 Å². The lowest BCUT2D eigenvalue weighted by Gasteiger charge is -2.34. The van der Waals surface area contributed by atoms with Crippen LogP contribution in [0.25, 0.3) is 0 Å². The molecule has 3 N–H and O–H groups in total. The Morgan fingerprint density at radius 2 is 1.63 bits per heavy atom. The summed E-state index contributed by atoms with van der Waals surface area (Å²) in [6.07, 6.45) is 0.485. The molecule has 2 aromatic carbocycles. The van der Waals surface area contributed by atoms with E-state index in [1.54, 1.807) is 0 Å². The molecule has 0 aliphatic carbocycles. The molecule has 38 heavy (non-hydrogen) atoms. The molecular formula is C28H36F2N4O4. The second kappa shape index (κ2) is 14.0. The van der Waals surface area contributed by atoms with Gasteiger partial charge in [-0.25, -0.2) is 8.78 Å². The molecule has 0 spiro atoms. The van der Waals surface area contributed by atoms with Gasteiger partial charge in [-0.1, -0.05) is 38.1 Å². The van der Waals surface area contributed by atoms with Gasteiger partial charge in [0.15, 0.2) is 0 Å². The molecule has 3 amide bonds. The first-order valence-corrected chi connectivity index (χ1v) is 12.9. The Bertz CT molecular complexity index is 1110. The zero-order valence-electron chi connectivity index (χ0n) is 21.9. The van der Waals surface area contributed by atoms with Gasteiger partial charge in [0.2, 0.25) is 17.7 Å². The largest absolute Gasteiger partial charge is 0.390 e. The van der Waals surface area contributed by atoms with Crippen molar-refractivity contribution in [2.75, 3.05) is 32.7 Å². The Balaban J connectivity index is 1.65. The number of carbonyl (C=O) groups excluding carboxylic acids is 3. The van der Waals surface area contributed by atoms with E-state index < -0.39 is 29.7 Å². The number of aliphatic hydroxyl groups is 1. The summed E-state index contributed by atoms with van der Waals surface area (Å²) in [5, 5.41) is 16.8. The quantitative estimate of drug-likeness (QED) is 0.367. The van der Waals surface area contributed by atoms with Gasteiger partial charge in [0.05, 0.1) is 18.7 Å². The van der Waals surface area contributed by atoms with E-state index in [9.17, 15) is 28.3 Å². The molecule has 0 aromatic heterocycles. The van der Waals surface area contributed by atoms with Crippen LogP contribution in [0.4, 0.5) is 8.78 Å². The number of rotatable bonds is 13. The van der Waals surface area contributed by atoms with Gasteiger partial charge in [0.1, 0.15) is 24.7 Å². The molecule has 0 bridgehead atoms. The second-order valence-corrected chi connectivity index (χ2v) is 9.59. The molecule has 1 saturated heterocycles. The molecule has 2 atom stereocenters. The molecule has 8 nitrogen and oxygen atoms in total. The molecule has 1 aliphatic rings. The maximum atomic E-state index is 13.8. The normalized spacial score (nSPS) is 15.5. The van der Waals surface area contributed by atoms with Crippen LogP contribution in [-0.4, -0.2) is 77.5 Å². The number of halogens is 2. The maximum absolute atomic E-state index is 13.8. The fraction of sp³-hybridized carbons (Fsp3) is 0.464. The first-order chi connectivity index (χ1) is 18.2. The van der Waals surface area contributed by atoms with E-state index >= 15 is 0 Å². The minimum atomic E-state index is -1.10. The van der Waals surface area contributed by atoms with Crippen LogP contribution >= 0.6 is 0 Å². The number of hydrogen-bond donors (Lipinski definition) is 3. The number of nitrogens with zero attached hydrogens (tertiary/aromatic N) is 2. The van der Waals surface area contributed by atoms with Crippen molar-refractivity contribution in [3.05, 3.63) is 70.8 Å². The minimum Gasteiger partial charge on any atom is -0.390 e. The van der Waals surface area contributed by atoms with Gasteiger partial charge < -0.3 is 25.5 Å². The lowest BCUT2D eigenvalue weighted by Crippen LogP contribution is -2.57. The number of piperazine rings is 1. The average Bonchev–Trinajstić information content (AvgIpc) is 2.86. The van der Waals surface area contributed by atoms with Crippen molar-refractivity contribution in [3.8, 4) is 0 Å². The van der Waals surface area contributed by atoms with Gasteiger partial charge in [-0.15, -0.1) is 0 Å². The van der Waals surface area contributed by atoms with Gasteiger partial charge in [0.25, 0.3) is 0 Å². The van der Waals surface area contributed by atoms with Gasteiger partial charge >= 0.3 is 0 Å². The highest BCUT2D eigenvalue weighted by atomic mass is 19.1. The number of carbonyl (C=O) groups is 3. The van der Waals surface area contributed by atoms with Crippen LogP contribution in [0, 0.1) is 11.6 Å². The summed E-state index contributed by atoms with van der Waals surface area (Å²) in [6.45, 7) is 4.38. The summed E-state index contributed by atoms with van der Waals surface area (Å²) in [5.74, 6) is -2.67. The minimum absolute atomic E-state index is 0.0360. The summed E-state index contributed by atoms with van der Waals surface area (Å²) < 4.78 is 27.6. The molecule has 2 aromatic rings. The maximum Gasteiger partial charge on any atom is 0.243 e. The third kappa shape index (κ3) is 8.59. The molecule has 1 aliphatic heterocycles. The van der Waals surface area contributed by atoms with Gasteiger partial charge in [-0.05, 0) is 48.1 Å². The van der Waals surface area contributed by atoms with Crippen molar-refractivity contribution in [2.24, 2.45) is 0 Å². The van der Waals surface area contributed by atoms with Crippen LogP contribution in [0.2, 0.25) is 0 Å². The third-order valence-electron chi connectivity index (χ3n) is 6.46. The van der Waals surface area contributed by atoms with Crippen LogP contribution in [0.5, 0.6) is 0 Å². The fourth-order valence-corrected chi connectivity index (χ4v) is 4.48. The third-order valence-corrected chi connectivity index (χ3v) is 6.46. The number of hydrogen-bond acceptors (Lipinski definition) is 5.